The molecule has 0 radical (unpaired) electrons. The van der Waals surface area contributed by atoms with Gasteiger partial charge in [-0.1, -0.05) is 0 Å². The number of nitrogen functional groups attached to an aromatic ring is 1. The van der Waals surface area contributed by atoms with Gasteiger partial charge in [0.05, 0.1) is 7.11 Å². The van der Waals surface area contributed by atoms with Gasteiger partial charge in [0.2, 0.25) is 0 Å². The number of nitrogens with zero attached hydrogens (tertiary/aromatic N) is 2. The van der Waals surface area contributed by atoms with E-state index in [4.69, 9.17) is 11.0 Å². The van der Waals surface area contributed by atoms with Crippen LogP contribution in [0.25, 0.3) is 0 Å². The Bertz CT molecular complexity index is 469. The van der Waals surface area contributed by atoms with Crippen LogP contribution in [-0.4, -0.2) is 18.1 Å². The number of aromatic nitrogens is 1. The summed E-state index contributed by atoms with van der Waals surface area (Å²) in [4.78, 5) is 14.7. The normalized spacial score (nSPS) is 9.94. The minimum Gasteiger partial charge on any atom is -0.465 e. The van der Waals surface area contributed by atoms with E-state index >= 15 is 0 Å². The lowest BCUT2D eigenvalue weighted by Gasteiger charge is -2.08. The number of anilines is 1. The van der Waals surface area contributed by atoms with Crippen LogP contribution in [0.2, 0.25) is 0 Å². The predicted molar refractivity (Wildman–Crippen MR) is 49.7 cm³/mol. The fraction of sp³-hybridized carbons (Fsp3) is 0.222. The maximum atomic E-state index is 12.6. The Balaban J connectivity index is 3.53. The third kappa shape index (κ3) is 2.06. The van der Waals surface area contributed by atoms with Gasteiger partial charge in [-0.05, 0) is 6.07 Å². The standard InChI is InChI=1S/C9H7F2N3O2/c1-16-9(15)7-4(8(10)11)2-6(13)14-5(7)3-12/h2,8H,1H3,(H2,13,14). The quantitative estimate of drug-likeness (QED) is 0.768. The summed E-state index contributed by atoms with van der Waals surface area (Å²) in [7, 11) is 1.02. The van der Waals surface area contributed by atoms with Crippen molar-refractivity contribution in [3.63, 3.8) is 0 Å². The molecule has 7 heteroatoms. The van der Waals surface area contributed by atoms with Crippen molar-refractivity contribution in [2.75, 3.05) is 12.8 Å². The highest BCUT2D eigenvalue weighted by Gasteiger charge is 2.24. The van der Waals surface area contributed by atoms with Gasteiger partial charge in [0.25, 0.3) is 6.43 Å². The molecule has 0 aliphatic carbocycles. The van der Waals surface area contributed by atoms with Gasteiger partial charge in [-0.2, -0.15) is 5.26 Å². The van der Waals surface area contributed by atoms with Gasteiger partial charge in [0.1, 0.15) is 17.5 Å². The number of esters is 1. The molecule has 0 spiro atoms. The van der Waals surface area contributed by atoms with Crippen LogP contribution in [0.15, 0.2) is 6.07 Å². The van der Waals surface area contributed by atoms with E-state index in [1.165, 1.54) is 6.07 Å². The van der Waals surface area contributed by atoms with E-state index in [0.29, 0.717) is 0 Å². The lowest BCUT2D eigenvalue weighted by molar-refractivity contribution is 0.0588. The molecule has 1 rings (SSSR count). The Hall–Kier alpha value is -2.23. The Morgan fingerprint density at radius 2 is 2.31 bits per heavy atom. The minimum absolute atomic E-state index is 0.250. The molecule has 0 atom stereocenters. The fourth-order valence-corrected chi connectivity index (χ4v) is 1.16. The van der Waals surface area contributed by atoms with Crippen LogP contribution in [0, 0.1) is 11.3 Å². The Morgan fingerprint density at radius 1 is 1.69 bits per heavy atom. The van der Waals surface area contributed by atoms with Crippen LogP contribution < -0.4 is 5.73 Å². The van der Waals surface area contributed by atoms with E-state index < -0.39 is 29.2 Å². The van der Waals surface area contributed by atoms with Crippen molar-refractivity contribution in [2.24, 2.45) is 0 Å². The minimum atomic E-state index is -2.94. The average Bonchev–Trinajstić information content (AvgIpc) is 2.26. The summed E-state index contributed by atoms with van der Waals surface area (Å²) in [5.74, 6) is -1.29. The summed E-state index contributed by atoms with van der Waals surface area (Å²) < 4.78 is 29.5. The highest BCUT2D eigenvalue weighted by Crippen LogP contribution is 2.26. The van der Waals surface area contributed by atoms with Crippen molar-refractivity contribution in [3.8, 4) is 6.07 Å². The Morgan fingerprint density at radius 3 is 2.75 bits per heavy atom. The number of ether oxygens (including phenoxy) is 1. The third-order valence-corrected chi connectivity index (χ3v) is 1.80. The smallest absolute Gasteiger partial charge is 0.341 e. The summed E-state index contributed by atoms with van der Waals surface area (Å²) >= 11 is 0. The third-order valence-electron chi connectivity index (χ3n) is 1.80. The van der Waals surface area contributed by atoms with Crippen molar-refractivity contribution < 1.29 is 18.3 Å². The van der Waals surface area contributed by atoms with Crippen molar-refractivity contribution in [1.82, 2.24) is 4.98 Å². The van der Waals surface area contributed by atoms with E-state index in [2.05, 4.69) is 9.72 Å². The molecule has 0 aliphatic rings. The van der Waals surface area contributed by atoms with Crippen LogP contribution in [0.5, 0.6) is 0 Å². The van der Waals surface area contributed by atoms with E-state index in [-0.39, 0.29) is 5.82 Å². The molecule has 0 aromatic carbocycles. The summed E-state index contributed by atoms with van der Waals surface area (Å²) in [6.07, 6.45) is -2.94. The van der Waals surface area contributed by atoms with E-state index in [1.54, 1.807) is 0 Å². The summed E-state index contributed by atoms with van der Waals surface area (Å²) in [5.41, 5.74) is 3.56. The number of rotatable bonds is 2. The largest absolute Gasteiger partial charge is 0.465 e. The molecule has 0 aliphatic heterocycles. The number of methoxy groups -OCH3 is 1. The lowest BCUT2D eigenvalue weighted by atomic mass is 10.1. The molecule has 5 nitrogen and oxygen atoms in total. The zero-order valence-electron chi connectivity index (χ0n) is 8.20. The first-order chi connectivity index (χ1) is 7.51. The first-order valence-electron chi connectivity index (χ1n) is 4.08. The maximum Gasteiger partial charge on any atom is 0.341 e. The number of hydrogen-bond donors (Lipinski definition) is 1. The molecule has 2 N–H and O–H groups in total. The number of alkyl halides is 2. The van der Waals surface area contributed by atoms with Crippen molar-refractivity contribution in [2.45, 2.75) is 6.43 Å². The van der Waals surface area contributed by atoms with Crippen molar-refractivity contribution >= 4 is 11.8 Å². The zero-order chi connectivity index (χ0) is 12.3. The van der Waals surface area contributed by atoms with Crippen LogP contribution in [0.1, 0.15) is 28.0 Å². The van der Waals surface area contributed by atoms with E-state index in [0.717, 1.165) is 13.2 Å². The lowest BCUT2D eigenvalue weighted by Crippen LogP contribution is -2.12. The molecule has 16 heavy (non-hydrogen) atoms. The first-order valence-corrected chi connectivity index (χ1v) is 4.08. The number of hydrogen-bond acceptors (Lipinski definition) is 5. The molecule has 0 fully saturated rings. The van der Waals surface area contributed by atoms with Crippen LogP contribution >= 0.6 is 0 Å². The highest BCUT2D eigenvalue weighted by atomic mass is 19.3. The first kappa shape index (κ1) is 11.8. The van der Waals surface area contributed by atoms with Crippen molar-refractivity contribution in [1.29, 1.82) is 5.26 Å². The van der Waals surface area contributed by atoms with Gasteiger partial charge in [-0.15, -0.1) is 0 Å². The summed E-state index contributed by atoms with van der Waals surface area (Å²) in [6.45, 7) is 0. The van der Waals surface area contributed by atoms with Gasteiger partial charge in [-0.3, -0.25) is 0 Å². The van der Waals surface area contributed by atoms with Crippen LogP contribution in [-0.2, 0) is 4.74 Å². The van der Waals surface area contributed by atoms with Gasteiger partial charge in [0, 0.05) is 5.56 Å². The van der Waals surface area contributed by atoms with Crippen molar-refractivity contribution in [3.05, 3.63) is 22.9 Å². The molecule has 1 aromatic rings. The number of nitriles is 1. The number of carbonyl (C=O) groups excluding carboxylic acids is 1. The molecule has 0 saturated heterocycles. The Kier molecular flexibility index (Phi) is 3.35. The number of carbonyl (C=O) groups is 1. The molecule has 1 heterocycles. The molecule has 0 bridgehead atoms. The molecule has 0 saturated carbocycles. The topological polar surface area (TPSA) is 89.0 Å². The number of pyridine rings is 1. The zero-order valence-corrected chi connectivity index (χ0v) is 8.20. The maximum absolute atomic E-state index is 12.6. The molecular weight excluding hydrogens is 220 g/mol. The van der Waals surface area contributed by atoms with E-state index in [9.17, 15) is 13.6 Å². The van der Waals surface area contributed by atoms with Gasteiger partial charge >= 0.3 is 5.97 Å². The molecule has 84 valence electrons. The SMILES string of the molecule is COC(=O)c1c(C(F)F)cc(N)nc1C#N. The van der Waals surface area contributed by atoms with Crippen LogP contribution in [0.4, 0.5) is 14.6 Å². The fourth-order valence-electron chi connectivity index (χ4n) is 1.16. The average molecular weight is 227 g/mol. The second kappa shape index (κ2) is 4.53. The predicted octanol–water partition coefficient (Wildman–Crippen LogP) is 1.26. The van der Waals surface area contributed by atoms with Gasteiger partial charge in [-0.25, -0.2) is 18.6 Å². The molecule has 0 amide bonds. The second-order valence-electron chi connectivity index (χ2n) is 2.76. The summed E-state index contributed by atoms with van der Waals surface area (Å²) in [6, 6.07) is 2.37. The van der Waals surface area contributed by atoms with Crippen LogP contribution in [0.3, 0.4) is 0 Å². The van der Waals surface area contributed by atoms with Gasteiger partial charge < -0.3 is 10.5 Å². The molecular formula is C9H7F2N3O2. The van der Waals surface area contributed by atoms with Gasteiger partial charge in [0.15, 0.2) is 5.69 Å². The number of halogens is 2. The molecule has 0 unspecified atom stereocenters. The van der Waals surface area contributed by atoms with E-state index in [1.807, 2.05) is 0 Å². The Labute approximate surface area is 89.4 Å². The summed E-state index contributed by atoms with van der Waals surface area (Å²) in [5, 5.41) is 8.67. The number of nitrogens with two attached hydrogens (primary N) is 1. The second-order valence-corrected chi connectivity index (χ2v) is 2.76. The molecule has 1 aromatic heterocycles. The highest BCUT2D eigenvalue weighted by molar-refractivity contribution is 5.93. The monoisotopic (exact) mass is 227 g/mol.